The third kappa shape index (κ3) is 49.5. The fraction of sp³-hybridized carbons (Fsp3) is 0.862. The number of ether oxygens (including phenoxy) is 1. The summed E-state index contributed by atoms with van der Waals surface area (Å²) in [6.07, 6.45) is 65.9. The van der Waals surface area contributed by atoms with Gasteiger partial charge < -0.3 is 20.3 Å². The Bertz CT molecular complexity index is 1040. The quantitative estimate of drug-likeness (QED) is 0.0321. The highest BCUT2D eigenvalue weighted by molar-refractivity contribution is 5.76. The van der Waals surface area contributed by atoms with Gasteiger partial charge in [-0.2, -0.15) is 0 Å². The topological polar surface area (TPSA) is 95.9 Å². The number of carbonyl (C=O) groups is 2. The van der Waals surface area contributed by atoms with Crippen LogP contribution in [0.1, 0.15) is 296 Å². The first-order valence-corrected chi connectivity index (χ1v) is 28.3. The van der Waals surface area contributed by atoms with Gasteiger partial charge in [0.05, 0.1) is 25.4 Å². The molecular formula is C58H109NO5. The number of esters is 1. The summed E-state index contributed by atoms with van der Waals surface area (Å²) in [5.74, 6) is -0.0957. The van der Waals surface area contributed by atoms with Crippen LogP contribution in [-0.2, 0) is 14.3 Å². The molecule has 0 fully saturated rings. The molecule has 0 spiro atoms. The number of allylic oxidation sites excluding steroid dienone is 5. The van der Waals surface area contributed by atoms with Gasteiger partial charge in [-0.15, -0.1) is 0 Å². The zero-order valence-corrected chi connectivity index (χ0v) is 42.8. The minimum Gasteiger partial charge on any atom is -0.466 e. The number of hydrogen-bond acceptors (Lipinski definition) is 5. The number of amides is 1. The van der Waals surface area contributed by atoms with Gasteiger partial charge in [0.15, 0.2) is 0 Å². The molecule has 3 N–H and O–H groups in total. The van der Waals surface area contributed by atoms with Gasteiger partial charge in [0.25, 0.3) is 0 Å². The van der Waals surface area contributed by atoms with Crippen LogP contribution in [0.5, 0.6) is 0 Å². The van der Waals surface area contributed by atoms with Crippen LogP contribution in [0, 0.1) is 0 Å². The van der Waals surface area contributed by atoms with Crippen molar-refractivity contribution in [2.75, 3.05) is 13.2 Å². The Kier molecular flexibility index (Phi) is 52.1. The first-order valence-electron chi connectivity index (χ1n) is 28.3. The SMILES string of the molecule is CCCCCCCC/C=C\CCCCCCCCCCCC(=O)OCCCCCC/C=C\CCCCCCCCCC(=O)NC(CO)C(O)/C=C/CCCCCCCCCCCCC. The van der Waals surface area contributed by atoms with Crippen LogP contribution in [0.15, 0.2) is 36.5 Å². The summed E-state index contributed by atoms with van der Waals surface area (Å²) in [5.41, 5.74) is 0. The second-order valence-electron chi connectivity index (χ2n) is 19.3. The molecule has 2 unspecified atom stereocenters. The van der Waals surface area contributed by atoms with Crippen molar-refractivity contribution in [2.24, 2.45) is 0 Å². The summed E-state index contributed by atoms with van der Waals surface area (Å²) < 4.78 is 5.47. The summed E-state index contributed by atoms with van der Waals surface area (Å²) in [4.78, 5) is 24.5. The zero-order valence-electron chi connectivity index (χ0n) is 42.8. The Labute approximate surface area is 398 Å². The van der Waals surface area contributed by atoms with E-state index in [2.05, 4.69) is 43.5 Å². The maximum atomic E-state index is 12.4. The predicted octanol–water partition coefficient (Wildman–Crippen LogP) is 17.2. The molecule has 0 aromatic heterocycles. The predicted molar refractivity (Wildman–Crippen MR) is 278 cm³/mol. The summed E-state index contributed by atoms with van der Waals surface area (Å²) in [6, 6.07) is -0.639. The number of unbranched alkanes of at least 4 members (excludes halogenated alkanes) is 37. The number of aliphatic hydroxyl groups is 2. The van der Waals surface area contributed by atoms with Crippen LogP contribution in [0.3, 0.4) is 0 Å². The highest BCUT2D eigenvalue weighted by Crippen LogP contribution is 2.16. The molecule has 376 valence electrons. The molecular weight excluding hydrogens is 791 g/mol. The van der Waals surface area contributed by atoms with Gasteiger partial charge in [0, 0.05) is 12.8 Å². The van der Waals surface area contributed by atoms with Crippen molar-refractivity contribution >= 4 is 11.9 Å². The molecule has 0 saturated heterocycles. The summed E-state index contributed by atoms with van der Waals surface area (Å²) >= 11 is 0. The van der Waals surface area contributed by atoms with Gasteiger partial charge in [0.1, 0.15) is 0 Å². The third-order valence-corrected chi connectivity index (χ3v) is 12.9. The monoisotopic (exact) mass is 900 g/mol. The Morgan fingerprint density at radius 2 is 0.734 bits per heavy atom. The molecule has 0 aliphatic heterocycles. The van der Waals surface area contributed by atoms with E-state index in [0.717, 1.165) is 70.6 Å². The third-order valence-electron chi connectivity index (χ3n) is 12.9. The Hall–Kier alpha value is -1.92. The van der Waals surface area contributed by atoms with Gasteiger partial charge in [0.2, 0.25) is 5.91 Å². The standard InChI is InChI=1S/C58H109NO5/c1-3-5-7-9-11-13-15-17-18-19-20-21-24-28-32-36-40-44-48-52-58(63)64-53-49-45-41-37-33-29-25-22-23-27-31-35-39-43-47-51-57(62)59-55(54-60)56(61)50-46-42-38-34-30-26-16-14-12-10-8-6-4-2/h17-18,25,29,46,50,55-56,60-61H,3-16,19-24,26-28,30-45,47-49,51-54H2,1-2H3,(H,59,62)/b18-17-,29-25-,50-46+. The number of aliphatic hydroxyl groups excluding tert-OH is 2. The molecule has 0 aromatic carbocycles. The van der Waals surface area contributed by atoms with E-state index in [9.17, 15) is 19.8 Å². The first-order chi connectivity index (χ1) is 31.5. The van der Waals surface area contributed by atoms with Gasteiger partial charge >= 0.3 is 5.97 Å². The van der Waals surface area contributed by atoms with Gasteiger partial charge in [-0.3, -0.25) is 9.59 Å². The van der Waals surface area contributed by atoms with E-state index in [1.54, 1.807) is 6.08 Å². The highest BCUT2D eigenvalue weighted by Gasteiger charge is 2.18. The number of hydrogen-bond donors (Lipinski definition) is 3. The van der Waals surface area contributed by atoms with Crippen molar-refractivity contribution in [3.8, 4) is 0 Å². The van der Waals surface area contributed by atoms with Crippen molar-refractivity contribution in [3.63, 3.8) is 0 Å². The van der Waals surface area contributed by atoms with E-state index < -0.39 is 12.1 Å². The van der Waals surface area contributed by atoms with E-state index >= 15 is 0 Å². The fourth-order valence-electron chi connectivity index (χ4n) is 8.50. The molecule has 2 atom stereocenters. The average Bonchev–Trinajstić information content (AvgIpc) is 3.29. The average molecular weight is 901 g/mol. The molecule has 0 bridgehead atoms. The Morgan fingerprint density at radius 3 is 1.11 bits per heavy atom. The highest BCUT2D eigenvalue weighted by atomic mass is 16.5. The van der Waals surface area contributed by atoms with Gasteiger partial charge in [-0.25, -0.2) is 0 Å². The normalized spacial score (nSPS) is 12.9. The van der Waals surface area contributed by atoms with Crippen LogP contribution in [0.25, 0.3) is 0 Å². The molecule has 0 radical (unpaired) electrons. The Balaban J connectivity index is 3.47. The van der Waals surface area contributed by atoms with Crippen LogP contribution < -0.4 is 5.32 Å². The molecule has 0 saturated carbocycles. The lowest BCUT2D eigenvalue weighted by atomic mass is 10.0. The summed E-state index contributed by atoms with van der Waals surface area (Å²) in [6.45, 7) is 4.86. The van der Waals surface area contributed by atoms with Crippen molar-refractivity contribution in [1.82, 2.24) is 5.32 Å². The van der Waals surface area contributed by atoms with E-state index in [1.807, 2.05) is 6.08 Å². The molecule has 1 amide bonds. The number of nitrogens with one attached hydrogen (secondary N) is 1. The molecule has 0 aliphatic rings. The Morgan fingerprint density at radius 1 is 0.422 bits per heavy atom. The fourth-order valence-corrected chi connectivity index (χ4v) is 8.50. The van der Waals surface area contributed by atoms with Crippen LogP contribution >= 0.6 is 0 Å². The zero-order chi connectivity index (χ0) is 46.5. The molecule has 0 heterocycles. The maximum absolute atomic E-state index is 12.4. The van der Waals surface area contributed by atoms with Crippen molar-refractivity contribution < 1.29 is 24.5 Å². The van der Waals surface area contributed by atoms with Gasteiger partial charge in [-0.05, 0) is 83.5 Å². The van der Waals surface area contributed by atoms with Crippen molar-refractivity contribution in [2.45, 2.75) is 309 Å². The van der Waals surface area contributed by atoms with Crippen molar-refractivity contribution in [3.05, 3.63) is 36.5 Å². The summed E-state index contributed by atoms with van der Waals surface area (Å²) in [5, 5.41) is 23.0. The number of carbonyl (C=O) groups excluding carboxylic acids is 2. The van der Waals surface area contributed by atoms with Gasteiger partial charge in [-0.1, -0.05) is 237 Å². The second kappa shape index (κ2) is 53.7. The summed E-state index contributed by atoms with van der Waals surface area (Å²) in [7, 11) is 0. The van der Waals surface area contributed by atoms with E-state index in [-0.39, 0.29) is 18.5 Å². The van der Waals surface area contributed by atoms with Crippen molar-refractivity contribution in [1.29, 1.82) is 0 Å². The van der Waals surface area contributed by atoms with E-state index in [1.165, 1.54) is 199 Å². The van der Waals surface area contributed by atoms with Crippen LogP contribution in [0.4, 0.5) is 0 Å². The molecule has 0 aromatic rings. The maximum Gasteiger partial charge on any atom is 0.305 e. The molecule has 6 nitrogen and oxygen atoms in total. The van der Waals surface area contributed by atoms with E-state index in [0.29, 0.717) is 19.4 Å². The lowest BCUT2D eigenvalue weighted by Gasteiger charge is -2.20. The minimum absolute atomic E-state index is 0.0120. The van der Waals surface area contributed by atoms with Crippen LogP contribution in [-0.4, -0.2) is 47.4 Å². The smallest absolute Gasteiger partial charge is 0.305 e. The van der Waals surface area contributed by atoms with Crippen LogP contribution in [0.2, 0.25) is 0 Å². The molecule has 0 rings (SSSR count). The molecule has 64 heavy (non-hydrogen) atoms. The van der Waals surface area contributed by atoms with E-state index in [4.69, 9.17) is 4.74 Å². The minimum atomic E-state index is -0.854. The molecule has 6 heteroatoms. The number of rotatable bonds is 52. The lowest BCUT2D eigenvalue weighted by molar-refractivity contribution is -0.143. The first kappa shape index (κ1) is 62.1. The largest absolute Gasteiger partial charge is 0.466 e. The molecule has 0 aliphatic carbocycles. The second-order valence-corrected chi connectivity index (χ2v) is 19.3. The lowest BCUT2D eigenvalue weighted by Crippen LogP contribution is -2.45.